The fourth-order valence-electron chi connectivity index (χ4n) is 1.48. The van der Waals surface area contributed by atoms with Crippen molar-refractivity contribution in [3.8, 4) is 0 Å². The first kappa shape index (κ1) is 19.8. The Kier molecular flexibility index (Phi) is 8.08. The summed E-state index contributed by atoms with van der Waals surface area (Å²) in [6.07, 6.45) is 1.23. The van der Waals surface area contributed by atoms with Gasteiger partial charge in [0.15, 0.2) is 5.78 Å². The summed E-state index contributed by atoms with van der Waals surface area (Å²) in [6.45, 7) is 5.86. The smallest absolute Gasteiger partial charge is 0.332 e. The van der Waals surface area contributed by atoms with Crippen molar-refractivity contribution in [1.82, 2.24) is 5.32 Å². The Balaban J connectivity index is 4.31. The van der Waals surface area contributed by atoms with Gasteiger partial charge in [-0.25, -0.2) is 4.79 Å². The molecule has 0 rings (SSSR count). The van der Waals surface area contributed by atoms with E-state index in [1.54, 1.807) is 0 Å². The van der Waals surface area contributed by atoms with Gasteiger partial charge in [0.25, 0.3) is 0 Å². The van der Waals surface area contributed by atoms with Crippen LogP contribution in [-0.2, 0) is 19.2 Å². The highest BCUT2D eigenvalue weighted by Gasteiger charge is 2.24. The monoisotopic (exact) mass is 313 g/mol. The zero-order chi connectivity index (χ0) is 17.3. The van der Waals surface area contributed by atoms with Crippen molar-refractivity contribution in [3.63, 3.8) is 0 Å². The first-order valence-corrected chi connectivity index (χ1v) is 7.07. The first-order chi connectivity index (χ1) is 10.1. The zero-order valence-electron chi connectivity index (χ0n) is 13.1. The highest BCUT2D eigenvalue weighted by Crippen LogP contribution is 2.19. The molecule has 0 spiro atoms. The van der Waals surface area contributed by atoms with Gasteiger partial charge in [0.05, 0.1) is 12.0 Å². The number of carboxylic acids is 2. The molecule has 3 N–H and O–H groups in total. The number of nitrogens with one attached hydrogen (secondary N) is 1. The van der Waals surface area contributed by atoms with E-state index in [2.05, 4.69) is 5.32 Å². The van der Waals surface area contributed by atoms with Crippen molar-refractivity contribution < 1.29 is 29.4 Å². The van der Waals surface area contributed by atoms with Crippen molar-refractivity contribution in [1.29, 1.82) is 0 Å². The fraction of sp³-hybridized carbons (Fsp3) is 0.600. The maximum absolute atomic E-state index is 11.8. The minimum absolute atomic E-state index is 0.0449. The minimum atomic E-state index is -1.42. The standard InChI is InChI=1S/C15H23NO6/c1-4-15(2,3)14(22)16-7-5-6-11(17)8-10(13(20)21)9-12(18)19/h8H,4-7,9H2,1-3H3,(H,16,22)(H,18,19)(H,20,21)/b10-8-. The third kappa shape index (κ3) is 7.56. The molecule has 0 saturated heterocycles. The molecule has 0 bridgehead atoms. The van der Waals surface area contributed by atoms with Gasteiger partial charge in [-0.1, -0.05) is 20.8 Å². The molecule has 0 aliphatic heterocycles. The van der Waals surface area contributed by atoms with Crippen LogP contribution in [0, 0.1) is 5.41 Å². The lowest BCUT2D eigenvalue weighted by molar-refractivity contribution is -0.139. The SMILES string of the molecule is CCC(C)(C)C(=O)NCCCC(=O)/C=C(/CC(=O)O)C(=O)O. The van der Waals surface area contributed by atoms with Gasteiger partial charge in [0.2, 0.25) is 5.91 Å². The Bertz CT molecular complexity index is 478. The number of carbonyl (C=O) groups excluding carboxylic acids is 2. The summed E-state index contributed by atoms with van der Waals surface area (Å²) in [6, 6.07) is 0. The van der Waals surface area contributed by atoms with E-state index in [0.29, 0.717) is 19.4 Å². The van der Waals surface area contributed by atoms with E-state index in [-0.39, 0.29) is 12.3 Å². The number of hydrogen-bond donors (Lipinski definition) is 3. The number of rotatable bonds is 10. The highest BCUT2D eigenvalue weighted by atomic mass is 16.4. The molecule has 0 fully saturated rings. The average Bonchev–Trinajstić information content (AvgIpc) is 2.41. The molecule has 0 atom stereocenters. The lowest BCUT2D eigenvalue weighted by Crippen LogP contribution is -2.37. The molecule has 0 saturated carbocycles. The molecular formula is C15H23NO6. The van der Waals surface area contributed by atoms with Gasteiger partial charge in [-0.3, -0.25) is 14.4 Å². The van der Waals surface area contributed by atoms with Crippen LogP contribution in [0.1, 0.15) is 46.5 Å². The van der Waals surface area contributed by atoms with E-state index in [1.165, 1.54) is 0 Å². The Morgan fingerprint density at radius 1 is 1.14 bits per heavy atom. The third-order valence-electron chi connectivity index (χ3n) is 3.34. The largest absolute Gasteiger partial charge is 0.481 e. The van der Waals surface area contributed by atoms with Crippen LogP contribution < -0.4 is 5.32 Å². The van der Waals surface area contributed by atoms with Gasteiger partial charge in [0.1, 0.15) is 0 Å². The van der Waals surface area contributed by atoms with Crippen molar-refractivity contribution in [2.24, 2.45) is 5.41 Å². The Hall–Kier alpha value is -2.18. The molecule has 0 aliphatic rings. The number of aliphatic carboxylic acids is 2. The second-order valence-corrected chi connectivity index (χ2v) is 5.61. The second kappa shape index (κ2) is 8.96. The summed E-state index contributed by atoms with van der Waals surface area (Å²) in [4.78, 5) is 44.7. The minimum Gasteiger partial charge on any atom is -0.481 e. The number of carbonyl (C=O) groups is 4. The molecule has 124 valence electrons. The van der Waals surface area contributed by atoms with E-state index in [1.807, 2.05) is 20.8 Å². The predicted octanol–water partition coefficient (Wildman–Crippen LogP) is 1.37. The summed E-state index contributed by atoms with van der Waals surface area (Å²) >= 11 is 0. The topological polar surface area (TPSA) is 121 Å². The molecule has 0 aromatic heterocycles. The first-order valence-electron chi connectivity index (χ1n) is 7.07. The van der Waals surface area contributed by atoms with Gasteiger partial charge in [-0.2, -0.15) is 0 Å². The van der Waals surface area contributed by atoms with Crippen LogP contribution in [0.25, 0.3) is 0 Å². The van der Waals surface area contributed by atoms with E-state index < -0.39 is 35.1 Å². The van der Waals surface area contributed by atoms with Gasteiger partial charge in [-0.05, 0) is 18.9 Å². The normalized spacial score (nSPS) is 11.9. The maximum Gasteiger partial charge on any atom is 0.332 e. The number of amides is 1. The third-order valence-corrected chi connectivity index (χ3v) is 3.34. The van der Waals surface area contributed by atoms with Crippen LogP contribution >= 0.6 is 0 Å². The van der Waals surface area contributed by atoms with E-state index in [4.69, 9.17) is 10.2 Å². The Morgan fingerprint density at radius 3 is 2.18 bits per heavy atom. The van der Waals surface area contributed by atoms with Crippen LogP contribution in [-0.4, -0.2) is 40.4 Å². The molecule has 0 aromatic carbocycles. The van der Waals surface area contributed by atoms with Crippen LogP contribution in [0.15, 0.2) is 11.6 Å². The van der Waals surface area contributed by atoms with Crippen molar-refractivity contribution in [2.75, 3.05) is 6.54 Å². The zero-order valence-corrected chi connectivity index (χ0v) is 13.1. The summed E-state index contributed by atoms with van der Waals surface area (Å²) in [5.41, 5.74) is -0.921. The molecule has 7 nitrogen and oxygen atoms in total. The van der Waals surface area contributed by atoms with Gasteiger partial charge < -0.3 is 15.5 Å². The van der Waals surface area contributed by atoms with Crippen LogP contribution in [0.2, 0.25) is 0 Å². The molecule has 0 unspecified atom stereocenters. The molecule has 7 heteroatoms. The molecule has 1 amide bonds. The van der Waals surface area contributed by atoms with Gasteiger partial charge >= 0.3 is 11.9 Å². The maximum atomic E-state index is 11.8. The van der Waals surface area contributed by atoms with E-state index in [0.717, 1.165) is 6.08 Å². The van der Waals surface area contributed by atoms with Crippen molar-refractivity contribution >= 4 is 23.6 Å². The van der Waals surface area contributed by atoms with Gasteiger partial charge in [-0.15, -0.1) is 0 Å². The molecule has 0 radical (unpaired) electrons. The lowest BCUT2D eigenvalue weighted by atomic mass is 9.89. The lowest BCUT2D eigenvalue weighted by Gasteiger charge is -2.21. The predicted molar refractivity (Wildman–Crippen MR) is 79.3 cm³/mol. The highest BCUT2D eigenvalue weighted by molar-refractivity contribution is 6.01. The summed E-state index contributed by atoms with van der Waals surface area (Å²) in [5, 5.41) is 20.1. The number of ketones is 1. The van der Waals surface area contributed by atoms with Crippen LogP contribution in [0.5, 0.6) is 0 Å². The Labute approximate surface area is 129 Å². The van der Waals surface area contributed by atoms with Crippen molar-refractivity contribution in [2.45, 2.75) is 46.5 Å². The second-order valence-electron chi connectivity index (χ2n) is 5.61. The fourth-order valence-corrected chi connectivity index (χ4v) is 1.48. The van der Waals surface area contributed by atoms with E-state index >= 15 is 0 Å². The van der Waals surface area contributed by atoms with Crippen molar-refractivity contribution in [3.05, 3.63) is 11.6 Å². The summed E-state index contributed by atoms with van der Waals surface area (Å²) in [7, 11) is 0. The van der Waals surface area contributed by atoms with Crippen LogP contribution in [0.4, 0.5) is 0 Å². The molecular weight excluding hydrogens is 290 g/mol. The average molecular weight is 313 g/mol. The molecule has 0 aliphatic carbocycles. The Morgan fingerprint density at radius 2 is 1.73 bits per heavy atom. The number of carboxylic acid groups (broad SMARTS) is 2. The molecule has 22 heavy (non-hydrogen) atoms. The van der Waals surface area contributed by atoms with Gasteiger partial charge in [0, 0.05) is 18.4 Å². The quantitative estimate of drug-likeness (QED) is 0.414. The molecule has 0 heterocycles. The van der Waals surface area contributed by atoms with E-state index in [9.17, 15) is 19.2 Å². The number of allylic oxidation sites excluding steroid dienone is 1. The molecule has 0 aromatic rings. The number of hydrogen-bond acceptors (Lipinski definition) is 4. The summed E-state index contributed by atoms with van der Waals surface area (Å²) in [5.74, 6) is -3.30. The summed E-state index contributed by atoms with van der Waals surface area (Å²) < 4.78 is 0. The van der Waals surface area contributed by atoms with Crippen LogP contribution in [0.3, 0.4) is 0 Å².